The largest absolute Gasteiger partial charge is 0.450 e. The summed E-state index contributed by atoms with van der Waals surface area (Å²) in [6.45, 7) is 3.52. The summed E-state index contributed by atoms with van der Waals surface area (Å²) in [7, 11) is -8.52. The molecule has 8 aliphatic carbocycles. The van der Waals surface area contributed by atoms with E-state index in [1.165, 1.54) is 38.5 Å². The quantitative estimate of drug-likeness (QED) is 0.129. The van der Waals surface area contributed by atoms with Crippen molar-refractivity contribution in [2.24, 2.45) is 35.5 Å². The first kappa shape index (κ1) is 34.5. The number of carbonyl (C=O) groups is 2. The Bertz CT molecular complexity index is 1310. The molecule has 14 heteroatoms. The Morgan fingerprint density at radius 1 is 0.646 bits per heavy atom. The summed E-state index contributed by atoms with van der Waals surface area (Å²) in [5.74, 6) is 0.638. The zero-order chi connectivity index (χ0) is 33.9. The van der Waals surface area contributed by atoms with Gasteiger partial charge in [-0.15, -0.1) is 0 Å². The highest BCUT2D eigenvalue weighted by molar-refractivity contribution is 7.56. The number of alkyl carbamates (subject to hydrolysis) is 2. The van der Waals surface area contributed by atoms with Gasteiger partial charge in [-0.25, -0.2) is 19.8 Å². The predicted molar refractivity (Wildman–Crippen MR) is 180 cm³/mol. The van der Waals surface area contributed by atoms with Gasteiger partial charge in [0.15, 0.2) is 0 Å². The van der Waals surface area contributed by atoms with Gasteiger partial charge in [0.25, 0.3) is 15.0 Å². The highest BCUT2D eigenvalue weighted by atomic mass is 31.2. The third kappa shape index (κ3) is 7.00. The van der Waals surface area contributed by atoms with Crippen LogP contribution in [0.4, 0.5) is 9.59 Å². The molecular weight excluding hydrogens is 654 g/mol. The molecule has 8 fully saturated rings. The first-order valence-corrected chi connectivity index (χ1v) is 21.4. The number of rotatable bonds is 12. The van der Waals surface area contributed by atoms with Crippen molar-refractivity contribution in [1.29, 1.82) is 0 Å². The van der Waals surface area contributed by atoms with Gasteiger partial charge < -0.3 is 29.9 Å². The molecule has 0 radical (unpaired) electrons. The second kappa shape index (κ2) is 13.0. The van der Waals surface area contributed by atoms with Gasteiger partial charge >= 0.3 is 12.2 Å². The lowest BCUT2D eigenvalue weighted by Crippen LogP contribution is -2.58. The first-order chi connectivity index (χ1) is 22.8. The summed E-state index contributed by atoms with van der Waals surface area (Å²) >= 11 is 0. The number of amides is 2. The van der Waals surface area contributed by atoms with Gasteiger partial charge in [-0.1, -0.05) is 24.3 Å². The molecule has 2 unspecified atom stereocenters. The maximum atomic E-state index is 14.3. The van der Waals surface area contributed by atoms with Crippen molar-refractivity contribution in [3.05, 3.63) is 35.4 Å². The molecule has 48 heavy (non-hydrogen) atoms. The van der Waals surface area contributed by atoms with Crippen LogP contribution in [0.2, 0.25) is 0 Å². The Morgan fingerprint density at radius 2 is 0.917 bits per heavy atom. The molecule has 0 aromatic heterocycles. The molecule has 0 heterocycles. The Morgan fingerprint density at radius 3 is 1.17 bits per heavy atom. The van der Waals surface area contributed by atoms with Crippen molar-refractivity contribution in [1.82, 2.24) is 20.8 Å². The second-order valence-corrected chi connectivity index (χ2v) is 20.0. The monoisotopic (exact) mass is 706 g/mol. The molecule has 8 saturated carbocycles. The minimum absolute atomic E-state index is 0.0966. The van der Waals surface area contributed by atoms with Crippen molar-refractivity contribution >= 4 is 27.2 Å². The molecule has 8 aliphatic rings. The predicted octanol–water partition coefficient (Wildman–Crippen LogP) is 6.66. The third-order valence-electron chi connectivity index (χ3n) is 12.2. The molecule has 0 spiro atoms. The molecule has 9 rings (SSSR count). The van der Waals surface area contributed by atoms with E-state index in [1.54, 1.807) is 38.1 Å². The van der Waals surface area contributed by atoms with E-state index in [0.29, 0.717) is 46.6 Å². The lowest BCUT2D eigenvalue weighted by molar-refractivity contribution is -0.0102. The van der Waals surface area contributed by atoms with Crippen molar-refractivity contribution < 1.29 is 38.0 Å². The maximum absolute atomic E-state index is 14.3. The number of nitrogens with one attached hydrogen (secondary N) is 4. The van der Waals surface area contributed by atoms with Gasteiger partial charge in [-0.3, -0.25) is 9.13 Å². The molecule has 8 bridgehead atoms. The minimum Gasteiger partial charge on any atom is -0.450 e. The first-order valence-electron chi connectivity index (χ1n) is 18.0. The summed E-state index contributed by atoms with van der Waals surface area (Å²) in [4.78, 5) is 48.8. The van der Waals surface area contributed by atoms with E-state index in [1.807, 2.05) is 0 Å². The van der Waals surface area contributed by atoms with Crippen LogP contribution in [0.1, 0.15) is 114 Å². The van der Waals surface area contributed by atoms with Crippen LogP contribution in [0.25, 0.3) is 0 Å². The number of hydrogen-bond acceptors (Lipinski definition) is 6. The highest BCUT2D eigenvalue weighted by Gasteiger charge is 2.55. The summed E-state index contributed by atoms with van der Waals surface area (Å²) in [6, 6.07) is 6.28. The van der Waals surface area contributed by atoms with E-state index in [2.05, 4.69) is 20.8 Å². The fourth-order valence-electron chi connectivity index (χ4n) is 11.5. The summed E-state index contributed by atoms with van der Waals surface area (Å²) < 4.78 is 38.8. The van der Waals surface area contributed by atoms with Crippen molar-refractivity contribution in [3.63, 3.8) is 0 Å². The van der Waals surface area contributed by atoms with E-state index >= 15 is 0 Å². The van der Waals surface area contributed by atoms with Crippen LogP contribution >= 0.6 is 15.0 Å². The minimum atomic E-state index is -4.26. The molecule has 2 amide bonds. The average molecular weight is 707 g/mol. The van der Waals surface area contributed by atoms with Crippen LogP contribution in [0.5, 0.6) is 0 Å². The number of hydrogen-bond donors (Lipinski definition) is 6. The standard InChI is InChI=1S/C34H52N4O8P2/c1-3-45-31(39)35-29(47(41,42)37-33-15-21-9-22(16-33)11-23(10-21)17-33)27-5-7-28(8-6-27)30(36-32(40)46-4-2)48(43,44)38-34-18-24-12-25(19-34)14-26(13-24)20-34/h5-8,21-26,29-30H,3-4,9-20H2,1-2H3,(H,35,39)(H,36,40)(H2,37,41,42)(H2,38,43,44)/t21?,22?,23?,24?,25?,26?,29-,30-,33?,34?/m1/s1. The molecule has 6 N–H and O–H groups in total. The van der Waals surface area contributed by atoms with E-state index in [9.17, 15) is 28.5 Å². The number of ether oxygens (including phenoxy) is 2. The number of carbonyl (C=O) groups excluding carboxylic acids is 2. The van der Waals surface area contributed by atoms with E-state index in [-0.39, 0.29) is 13.2 Å². The van der Waals surface area contributed by atoms with Gasteiger partial charge in [0, 0.05) is 11.1 Å². The van der Waals surface area contributed by atoms with Gasteiger partial charge in [0.1, 0.15) is 11.6 Å². The Kier molecular flexibility index (Phi) is 9.34. The Labute approximate surface area is 283 Å². The molecule has 1 aromatic rings. The topological polar surface area (TPSA) is 175 Å². The van der Waals surface area contributed by atoms with Gasteiger partial charge in [0.2, 0.25) is 0 Å². The van der Waals surface area contributed by atoms with E-state index < -0.39 is 49.9 Å². The van der Waals surface area contributed by atoms with Crippen LogP contribution in [-0.4, -0.2) is 46.3 Å². The molecule has 12 nitrogen and oxygen atoms in total. The molecule has 1 aromatic carbocycles. The fraction of sp³-hybridized carbons (Fsp3) is 0.765. The van der Waals surface area contributed by atoms with Crippen molar-refractivity contribution in [2.45, 2.75) is 114 Å². The third-order valence-corrected chi connectivity index (χ3v) is 16.0. The van der Waals surface area contributed by atoms with Crippen LogP contribution in [0, 0.1) is 35.5 Å². The Balaban J connectivity index is 1.15. The molecule has 266 valence electrons. The smallest absolute Gasteiger partial charge is 0.408 e. The maximum Gasteiger partial charge on any atom is 0.408 e. The zero-order valence-electron chi connectivity index (χ0n) is 28.1. The van der Waals surface area contributed by atoms with Crippen molar-refractivity contribution in [3.8, 4) is 0 Å². The van der Waals surface area contributed by atoms with Crippen LogP contribution in [-0.2, 0) is 18.6 Å². The lowest BCUT2D eigenvalue weighted by Gasteiger charge is -2.57. The van der Waals surface area contributed by atoms with E-state index in [0.717, 1.165) is 38.5 Å². The molecular formula is C34H52N4O8P2. The Hall–Kier alpha value is -1.94. The summed E-state index contributed by atoms with van der Waals surface area (Å²) in [5.41, 5.74) is -0.221. The molecule has 0 saturated heterocycles. The summed E-state index contributed by atoms with van der Waals surface area (Å²) in [6.07, 6.45) is 10.5. The zero-order valence-corrected chi connectivity index (χ0v) is 29.9. The summed E-state index contributed by atoms with van der Waals surface area (Å²) in [5, 5.41) is 11.6. The normalized spacial score (nSPS) is 38.0. The molecule has 0 aliphatic heterocycles. The van der Waals surface area contributed by atoms with Crippen molar-refractivity contribution in [2.75, 3.05) is 13.2 Å². The van der Waals surface area contributed by atoms with Gasteiger partial charge in [-0.05, 0) is 138 Å². The van der Waals surface area contributed by atoms with Crippen LogP contribution in [0.15, 0.2) is 24.3 Å². The lowest BCUT2D eigenvalue weighted by atomic mass is 9.53. The van der Waals surface area contributed by atoms with Crippen LogP contribution in [0.3, 0.4) is 0 Å². The van der Waals surface area contributed by atoms with Gasteiger partial charge in [-0.2, -0.15) is 0 Å². The number of benzene rings is 1. The molecule has 4 atom stereocenters. The SMILES string of the molecule is CCOC(=O)N[C@@H](c1ccc([C@H](NC(=O)OCC)P(=O)(O)NC23CC4CC(CC(C4)C2)C3)cc1)P(=O)(O)NC12CC3CC(CC(C3)C1)C2. The highest BCUT2D eigenvalue weighted by Crippen LogP contribution is 2.63. The average Bonchev–Trinajstić information content (AvgIpc) is 2.96. The second-order valence-electron chi connectivity index (χ2n) is 16.1. The van der Waals surface area contributed by atoms with Crippen LogP contribution < -0.4 is 20.8 Å². The fourth-order valence-corrected chi connectivity index (χ4v) is 15.4. The van der Waals surface area contributed by atoms with E-state index in [4.69, 9.17) is 9.47 Å². The van der Waals surface area contributed by atoms with Gasteiger partial charge in [0.05, 0.1) is 13.2 Å².